The summed E-state index contributed by atoms with van der Waals surface area (Å²) >= 11 is 0. The van der Waals surface area contributed by atoms with E-state index in [-0.39, 0.29) is 0 Å². The average Bonchev–Trinajstić information content (AvgIpc) is 2.42. The van der Waals surface area contributed by atoms with E-state index in [0.717, 1.165) is 25.9 Å². The first-order chi connectivity index (χ1) is 4.90. The molecule has 1 aliphatic heterocycles. The molecule has 0 saturated carbocycles. The fraction of sp³-hybridized carbons (Fsp3) is 0.750. The highest BCUT2D eigenvalue weighted by molar-refractivity contribution is 5.28. The molecule has 0 aromatic carbocycles. The molecule has 0 fully saturated rings. The Morgan fingerprint density at radius 3 is 2.40 bits per heavy atom. The molecule has 0 unspecified atom stereocenters. The van der Waals surface area contributed by atoms with Crippen LogP contribution in [0.25, 0.3) is 0 Å². The summed E-state index contributed by atoms with van der Waals surface area (Å²) in [7, 11) is 0. The van der Waals surface area contributed by atoms with Crippen LogP contribution in [0, 0.1) is 5.92 Å². The summed E-state index contributed by atoms with van der Waals surface area (Å²) in [5.74, 6) is 0.548. The SMILES string of the molecule is OCC1CC2=C(CNC2)C1. The van der Waals surface area contributed by atoms with Gasteiger partial charge >= 0.3 is 0 Å². The fourth-order valence-electron chi connectivity index (χ4n) is 1.95. The van der Waals surface area contributed by atoms with Crippen molar-refractivity contribution in [2.24, 2.45) is 5.92 Å². The largest absolute Gasteiger partial charge is 0.396 e. The van der Waals surface area contributed by atoms with Crippen LogP contribution < -0.4 is 5.32 Å². The minimum absolute atomic E-state index is 0.368. The minimum Gasteiger partial charge on any atom is -0.396 e. The van der Waals surface area contributed by atoms with Gasteiger partial charge in [-0.25, -0.2) is 0 Å². The lowest BCUT2D eigenvalue weighted by Crippen LogP contribution is -2.14. The van der Waals surface area contributed by atoms with Crippen molar-refractivity contribution in [2.45, 2.75) is 12.8 Å². The maximum absolute atomic E-state index is 8.87. The number of aliphatic hydroxyl groups excluding tert-OH is 1. The van der Waals surface area contributed by atoms with Gasteiger partial charge in [-0.05, 0) is 18.8 Å². The Labute approximate surface area is 60.9 Å². The van der Waals surface area contributed by atoms with Crippen LogP contribution in [0.15, 0.2) is 11.1 Å². The van der Waals surface area contributed by atoms with Gasteiger partial charge < -0.3 is 10.4 Å². The van der Waals surface area contributed by atoms with Crippen LogP contribution in [0.5, 0.6) is 0 Å². The Morgan fingerprint density at radius 2 is 1.90 bits per heavy atom. The first-order valence-electron chi connectivity index (χ1n) is 3.91. The van der Waals surface area contributed by atoms with Crippen molar-refractivity contribution in [2.75, 3.05) is 19.7 Å². The average molecular weight is 139 g/mol. The zero-order chi connectivity index (χ0) is 6.97. The molecule has 2 N–H and O–H groups in total. The molecule has 0 radical (unpaired) electrons. The van der Waals surface area contributed by atoms with Crippen molar-refractivity contribution in [3.05, 3.63) is 11.1 Å². The molecule has 10 heavy (non-hydrogen) atoms. The summed E-state index contributed by atoms with van der Waals surface area (Å²) in [6.45, 7) is 2.52. The second kappa shape index (κ2) is 2.36. The summed E-state index contributed by atoms with van der Waals surface area (Å²) in [5, 5.41) is 12.2. The molecule has 2 aliphatic rings. The standard InChI is InChI=1S/C8H13NO/c10-5-6-1-7-3-9-4-8(7)2-6/h6,9-10H,1-5H2. The molecule has 2 nitrogen and oxygen atoms in total. The lowest BCUT2D eigenvalue weighted by molar-refractivity contribution is 0.230. The van der Waals surface area contributed by atoms with E-state index in [1.54, 1.807) is 11.1 Å². The second-order valence-electron chi connectivity index (χ2n) is 3.27. The van der Waals surface area contributed by atoms with Crippen LogP contribution >= 0.6 is 0 Å². The van der Waals surface area contributed by atoms with Gasteiger partial charge in [0.2, 0.25) is 0 Å². The van der Waals surface area contributed by atoms with E-state index in [0.29, 0.717) is 12.5 Å². The second-order valence-corrected chi connectivity index (χ2v) is 3.27. The molecule has 0 spiro atoms. The van der Waals surface area contributed by atoms with Gasteiger partial charge in [-0.15, -0.1) is 0 Å². The van der Waals surface area contributed by atoms with Gasteiger partial charge in [0.25, 0.3) is 0 Å². The summed E-state index contributed by atoms with van der Waals surface area (Å²) in [4.78, 5) is 0. The van der Waals surface area contributed by atoms with Gasteiger partial charge in [-0.2, -0.15) is 0 Å². The molecule has 0 atom stereocenters. The number of nitrogens with one attached hydrogen (secondary N) is 1. The third-order valence-electron chi connectivity index (χ3n) is 2.51. The van der Waals surface area contributed by atoms with Crippen molar-refractivity contribution in [1.82, 2.24) is 5.32 Å². The normalized spacial score (nSPS) is 26.1. The molecule has 0 bridgehead atoms. The predicted octanol–water partition coefficient (Wildman–Crippen LogP) is 0.288. The Morgan fingerprint density at radius 1 is 1.30 bits per heavy atom. The van der Waals surface area contributed by atoms with Crippen molar-refractivity contribution in [3.8, 4) is 0 Å². The van der Waals surface area contributed by atoms with Crippen molar-refractivity contribution < 1.29 is 5.11 Å². The first kappa shape index (κ1) is 6.38. The van der Waals surface area contributed by atoms with Crippen LogP contribution in [0.1, 0.15) is 12.8 Å². The summed E-state index contributed by atoms with van der Waals surface area (Å²) in [5.41, 5.74) is 3.14. The molecule has 1 aliphatic carbocycles. The molecule has 0 aromatic heterocycles. The van der Waals surface area contributed by atoms with Crippen LogP contribution in [0.2, 0.25) is 0 Å². The topological polar surface area (TPSA) is 32.3 Å². The predicted molar refractivity (Wildman–Crippen MR) is 39.7 cm³/mol. The summed E-state index contributed by atoms with van der Waals surface area (Å²) < 4.78 is 0. The third-order valence-corrected chi connectivity index (χ3v) is 2.51. The van der Waals surface area contributed by atoms with Gasteiger partial charge in [-0.1, -0.05) is 11.1 Å². The molecule has 0 amide bonds. The molecule has 0 aromatic rings. The molecule has 2 rings (SSSR count). The molecular formula is C8H13NO. The Balaban J connectivity index is 2.03. The van der Waals surface area contributed by atoms with Gasteiger partial charge in [0.05, 0.1) is 0 Å². The smallest absolute Gasteiger partial charge is 0.0465 e. The third kappa shape index (κ3) is 0.879. The quantitative estimate of drug-likeness (QED) is 0.512. The Kier molecular flexibility index (Phi) is 1.51. The lowest BCUT2D eigenvalue weighted by Gasteiger charge is -2.06. The van der Waals surface area contributed by atoms with Crippen LogP contribution in [-0.2, 0) is 0 Å². The van der Waals surface area contributed by atoms with E-state index >= 15 is 0 Å². The first-order valence-corrected chi connectivity index (χ1v) is 3.91. The van der Waals surface area contributed by atoms with Gasteiger partial charge in [-0.3, -0.25) is 0 Å². The van der Waals surface area contributed by atoms with E-state index in [4.69, 9.17) is 5.11 Å². The maximum Gasteiger partial charge on any atom is 0.0465 e. The van der Waals surface area contributed by atoms with E-state index in [1.165, 1.54) is 0 Å². The summed E-state index contributed by atoms with van der Waals surface area (Å²) in [6, 6.07) is 0. The summed E-state index contributed by atoms with van der Waals surface area (Å²) in [6.07, 6.45) is 2.28. The Hall–Kier alpha value is -0.340. The molecule has 0 saturated heterocycles. The van der Waals surface area contributed by atoms with E-state index in [9.17, 15) is 0 Å². The zero-order valence-corrected chi connectivity index (χ0v) is 6.06. The molecule has 1 heterocycles. The van der Waals surface area contributed by atoms with Crippen molar-refractivity contribution >= 4 is 0 Å². The maximum atomic E-state index is 8.87. The van der Waals surface area contributed by atoms with Crippen molar-refractivity contribution in [3.63, 3.8) is 0 Å². The van der Waals surface area contributed by atoms with Gasteiger partial charge in [0, 0.05) is 19.7 Å². The van der Waals surface area contributed by atoms with Gasteiger partial charge in [0.1, 0.15) is 0 Å². The van der Waals surface area contributed by atoms with E-state index in [1.807, 2.05) is 0 Å². The minimum atomic E-state index is 0.368. The highest BCUT2D eigenvalue weighted by atomic mass is 16.3. The number of aliphatic hydroxyl groups is 1. The van der Waals surface area contributed by atoms with E-state index < -0.39 is 0 Å². The number of rotatable bonds is 1. The van der Waals surface area contributed by atoms with Crippen LogP contribution in [-0.4, -0.2) is 24.8 Å². The monoisotopic (exact) mass is 139 g/mol. The Bertz CT molecular complexity index is 158. The van der Waals surface area contributed by atoms with E-state index in [2.05, 4.69) is 5.32 Å². The number of hydrogen-bond acceptors (Lipinski definition) is 2. The highest BCUT2D eigenvalue weighted by Crippen LogP contribution is 2.32. The fourth-order valence-corrected chi connectivity index (χ4v) is 1.95. The highest BCUT2D eigenvalue weighted by Gasteiger charge is 2.25. The van der Waals surface area contributed by atoms with Crippen LogP contribution in [0.4, 0.5) is 0 Å². The molecule has 2 heteroatoms. The van der Waals surface area contributed by atoms with Gasteiger partial charge in [0.15, 0.2) is 0 Å². The van der Waals surface area contributed by atoms with Crippen LogP contribution in [0.3, 0.4) is 0 Å². The lowest BCUT2D eigenvalue weighted by atomic mass is 10.1. The molecule has 56 valence electrons. The molecular weight excluding hydrogens is 126 g/mol. The zero-order valence-electron chi connectivity index (χ0n) is 6.06. The van der Waals surface area contributed by atoms with Crippen molar-refractivity contribution in [1.29, 1.82) is 0 Å². The number of hydrogen-bond donors (Lipinski definition) is 2.